The molecule has 76 valence electrons. The zero-order chi connectivity index (χ0) is 9.68. The van der Waals surface area contributed by atoms with Crippen molar-refractivity contribution in [2.75, 3.05) is 13.6 Å². The van der Waals surface area contributed by atoms with Gasteiger partial charge in [0.25, 0.3) is 0 Å². The van der Waals surface area contributed by atoms with Gasteiger partial charge in [-0.1, -0.05) is 25.7 Å². The summed E-state index contributed by atoms with van der Waals surface area (Å²) < 4.78 is 0. The second-order valence-corrected chi connectivity index (χ2v) is 3.81. The molecule has 0 aromatic carbocycles. The first-order valence-corrected chi connectivity index (χ1v) is 4.95. The lowest BCUT2D eigenvalue weighted by Gasteiger charge is -2.18. The van der Waals surface area contributed by atoms with Crippen LogP contribution in [0.2, 0.25) is 0 Å². The van der Waals surface area contributed by atoms with E-state index in [1.54, 1.807) is 11.9 Å². The Bertz CT molecular complexity index is 166. The molecule has 1 aliphatic carbocycles. The van der Waals surface area contributed by atoms with Crippen LogP contribution >= 0.6 is 0 Å². The third-order valence-corrected chi connectivity index (χ3v) is 2.82. The summed E-state index contributed by atoms with van der Waals surface area (Å²) in [5.41, 5.74) is 2.13. The van der Waals surface area contributed by atoms with E-state index in [0.717, 1.165) is 18.9 Å². The van der Waals surface area contributed by atoms with Gasteiger partial charge in [0.2, 0.25) is 0 Å². The zero-order valence-electron chi connectivity index (χ0n) is 8.25. The highest BCUT2D eigenvalue weighted by atomic mass is 16.2. The van der Waals surface area contributed by atoms with Gasteiger partial charge in [-0.05, 0) is 12.3 Å². The van der Waals surface area contributed by atoms with Crippen LogP contribution in [0.5, 0.6) is 0 Å². The molecule has 13 heavy (non-hydrogen) atoms. The summed E-state index contributed by atoms with van der Waals surface area (Å²) in [6, 6.07) is -0.196. The first-order chi connectivity index (χ1) is 6.24. The third-order valence-electron chi connectivity index (χ3n) is 2.82. The highest BCUT2D eigenvalue weighted by Gasteiger charge is 2.16. The monoisotopic (exact) mass is 185 g/mol. The summed E-state index contributed by atoms with van der Waals surface area (Å²) in [5.74, 6) is 5.84. The average Bonchev–Trinajstić information content (AvgIpc) is 2.65. The van der Waals surface area contributed by atoms with Gasteiger partial charge in [-0.25, -0.2) is 10.6 Å². The number of urea groups is 1. The summed E-state index contributed by atoms with van der Waals surface area (Å²) in [4.78, 5) is 12.6. The lowest BCUT2D eigenvalue weighted by molar-refractivity contribution is 0.205. The van der Waals surface area contributed by atoms with E-state index in [1.165, 1.54) is 25.7 Å². The Morgan fingerprint density at radius 3 is 2.69 bits per heavy atom. The van der Waals surface area contributed by atoms with Crippen LogP contribution in [0.15, 0.2) is 0 Å². The minimum absolute atomic E-state index is 0.196. The summed E-state index contributed by atoms with van der Waals surface area (Å²) in [7, 11) is 1.77. The Hall–Kier alpha value is -0.770. The fourth-order valence-electron chi connectivity index (χ4n) is 1.89. The van der Waals surface area contributed by atoms with Gasteiger partial charge in [0.1, 0.15) is 0 Å². The standard InChI is InChI=1S/C9H19N3O/c1-12(9(13)11-10)7-6-8-4-2-3-5-8/h8H,2-7,10H2,1H3,(H,11,13). The maximum atomic E-state index is 11.0. The fourth-order valence-corrected chi connectivity index (χ4v) is 1.89. The molecule has 0 aliphatic heterocycles. The van der Waals surface area contributed by atoms with Gasteiger partial charge in [-0.2, -0.15) is 0 Å². The number of nitrogens with two attached hydrogens (primary N) is 1. The molecule has 2 amide bonds. The van der Waals surface area contributed by atoms with Crippen LogP contribution in [0, 0.1) is 5.92 Å². The van der Waals surface area contributed by atoms with E-state index < -0.39 is 0 Å². The predicted molar refractivity (Wildman–Crippen MR) is 51.9 cm³/mol. The van der Waals surface area contributed by atoms with Crippen molar-refractivity contribution in [3.63, 3.8) is 0 Å². The number of hydrazine groups is 1. The molecule has 0 unspecified atom stereocenters. The topological polar surface area (TPSA) is 58.4 Å². The van der Waals surface area contributed by atoms with Crippen LogP contribution in [0.1, 0.15) is 32.1 Å². The fraction of sp³-hybridized carbons (Fsp3) is 0.889. The molecule has 0 aromatic heterocycles. The molecular weight excluding hydrogens is 166 g/mol. The smallest absolute Gasteiger partial charge is 0.327 e. The lowest BCUT2D eigenvalue weighted by Crippen LogP contribution is -2.41. The number of carbonyl (C=O) groups excluding carboxylic acids is 1. The van der Waals surface area contributed by atoms with Crippen LogP contribution in [0.25, 0.3) is 0 Å². The maximum absolute atomic E-state index is 11.0. The normalized spacial score (nSPS) is 17.4. The molecule has 1 saturated carbocycles. The average molecular weight is 185 g/mol. The van der Waals surface area contributed by atoms with Crippen molar-refractivity contribution in [2.45, 2.75) is 32.1 Å². The number of nitrogens with zero attached hydrogens (tertiary/aromatic N) is 1. The highest BCUT2D eigenvalue weighted by Crippen LogP contribution is 2.27. The number of nitrogens with one attached hydrogen (secondary N) is 1. The Kier molecular flexibility index (Phi) is 4.02. The molecule has 0 bridgehead atoms. The molecule has 1 fully saturated rings. The van der Waals surface area contributed by atoms with Gasteiger partial charge < -0.3 is 4.90 Å². The highest BCUT2D eigenvalue weighted by molar-refractivity contribution is 5.72. The molecular formula is C9H19N3O. The first-order valence-electron chi connectivity index (χ1n) is 4.95. The van der Waals surface area contributed by atoms with Gasteiger partial charge >= 0.3 is 6.03 Å². The molecule has 0 atom stereocenters. The molecule has 0 saturated heterocycles. The predicted octanol–water partition coefficient (Wildman–Crippen LogP) is 1.08. The minimum Gasteiger partial charge on any atom is -0.327 e. The Morgan fingerprint density at radius 1 is 1.54 bits per heavy atom. The van der Waals surface area contributed by atoms with Gasteiger partial charge in [0.15, 0.2) is 0 Å². The summed E-state index contributed by atoms with van der Waals surface area (Å²) in [6.07, 6.45) is 6.50. The van der Waals surface area contributed by atoms with Gasteiger partial charge in [0.05, 0.1) is 0 Å². The van der Waals surface area contributed by atoms with Crippen molar-refractivity contribution in [3.05, 3.63) is 0 Å². The van der Waals surface area contributed by atoms with Crippen molar-refractivity contribution < 1.29 is 4.79 Å². The molecule has 0 aromatic rings. The van der Waals surface area contributed by atoms with Gasteiger partial charge in [-0.15, -0.1) is 0 Å². The van der Waals surface area contributed by atoms with Crippen LogP contribution in [0.3, 0.4) is 0 Å². The quantitative estimate of drug-likeness (QED) is 0.393. The van der Waals surface area contributed by atoms with E-state index in [9.17, 15) is 4.79 Å². The molecule has 4 nitrogen and oxygen atoms in total. The molecule has 3 N–H and O–H groups in total. The van der Waals surface area contributed by atoms with Crippen molar-refractivity contribution in [1.29, 1.82) is 0 Å². The zero-order valence-corrected chi connectivity index (χ0v) is 8.25. The van der Waals surface area contributed by atoms with Crippen LogP contribution in [0.4, 0.5) is 4.79 Å². The van der Waals surface area contributed by atoms with Gasteiger partial charge in [-0.3, -0.25) is 5.43 Å². The van der Waals surface area contributed by atoms with Crippen LogP contribution in [-0.4, -0.2) is 24.5 Å². The van der Waals surface area contributed by atoms with Crippen molar-refractivity contribution in [2.24, 2.45) is 11.8 Å². The van der Waals surface area contributed by atoms with E-state index in [1.807, 2.05) is 0 Å². The van der Waals surface area contributed by atoms with Crippen molar-refractivity contribution in [3.8, 4) is 0 Å². The van der Waals surface area contributed by atoms with E-state index in [4.69, 9.17) is 5.84 Å². The largest absolute Gasteiger partial charge is 0.331 e. The second-order valence-electron chi connectivity index (χ2n) is 3.81. The molecule has 1 rings (SSSR count). The maximum Gasteiger partial charge on any atom is 0.331 e. The summed E-state index contributed by atoms with van der Waals surface area (Å²) in [5, 5.41) is 0. The second kappa shape index (κ2) is 5.07. The van der Waals surface area contributed by atoms with E-state index in [2.05, 4.69) is 5.43 Å². The minimum atomic E-state index is -0.196. The van der Waals surface area contributed by atoms with E-state index in [0.29, 0.717) is 0 Å². The van der Waals surface area contributed by atoms with Gasteiger partial charge in [0, 0.05) is 13.6 Å². The molecule has 0 heterocycles. The first kappa shape index (κ1) is 10.3. The van der Waals surface area contributed by atoms with Crippen LogP contribution < -0.4 is 11.3 Å². The molecule has 1 aliphatic rings. The molecule has 0 spiro atoms. The van der Waals surface area contributed by atoms with E-state index in [-0.39, 0.29) is 6.03 Å². The lowest BCUT2D eigenvalue weighted by atomic mass is 10.0. The third kappa shape index (κ3) is 3.22. The number of hydrogen-bond acceptors (Lipinski definition) is 2. The van der Waals surface area contributed by atoms with Crippen molar-refractivity contribution >= 4 is 6.03 Å². The number of hydrogen-bond donors (Lipinski definition) is 2. The Balaban J connectivity index is 2.13. The molecule has 4 heteroatoms. The van der Waals surface area contributed by atoms with E-state index >= 15 is 0 Å². The SMILES string of the molecule is CN(CCC1CCCC1)C(=O)NN. The number of amides is 2. The number of carbonyl (C=O) groups is 1. The Morgan fingerprint density at radius 2 is 2.15 bits per heavy atom. The van der Waals surface area contributed by atoms with Crippen LogP contribution in [-0.2, 0) is 0 Å². The number of rotatable bonds is 3. The Labute approximate surface area is 79.4 Å². The summed E-state index contributed by atoms with van der Waals surface area (Å²) in [6.45, 7) is 0.813. The van der Waals surface area contributed by atoms with Crippen molar-refractivity contribution in [1.82, 2.24) is 10.3 Å². The summed E-state index contributed by atoms with van der Waals surface area (Å²) >= 11 is 0. The molecule has 0 radical (unpaired) electrons.